The fraction of sp³-hybridized carbons (Fsp3) is 0.419. The van der Waals surface area contributed by atoms with Gasteiger partial charge in [-0.3, -0.25) is 9.59 Å². The van der Waals surface area contributed by atoms with Gasteiger partial charge in [0.2, 0.25) is 5.91 Å². The third kappa shape index (κ3) is 5.60. The van der Waals surface area contributed by atoms with Crippen LogP contribution in [0, 0.1) is 25.5 Å². The van der Waals surface area contributed by atoms with E-state index < -0.39 is 11.6 Å². The van der Waals surface area contributed by atoms with Crippen molar-refractivity contribution in [1.29, 1.82) is 0 Å². The monoisotopic (exact) mass is 564 g/mol. The molecule has 1 aliphatic heterocycles. The fourth-order valence-electron chi connectivity index (χ4n) is 6.20. The summed E-state index contributed by atoms with van der Waals surface area (Å²) >= 11 is 0. The van der Waals surface area contributed by atoms with Gasteiger partial charge in [0, 0.05) is 29.8 Å². The van der Waals surface area contributed by atoms with Crippen molar-refractivity contribution >= 4 is 29.1 Å². The number of rotatable bonds is 5. The number of aryl methyl sites for hydroxylation is 2. The minimum Gasteiger partial charge on any atom is -0.471 e. The number of aromatic nitrogens is 3. The molecule has 2 fully saturated rings. The zero-order chi connectivity index (χ0) is 29.1. The summed E-state index contributed by atoms with van der Waals surface area (Å²) in [6.07, 6.45) is 7.42. The Bertz CT molecular complexity index is 1540. The largest absolute Gasteiger partial charge is 0.471 e. The van der Waals surface area contributed by atoms with Gasteiger partial charge in [-0.2, -0.15) is 0 Å². The maximum Gasteiger partial charge on any atom is 0.292 e. The number of methoxy groups -OCH3 is 1. The van der Waals surface area contributed by atoms with Crippen molar-refractivity contribution < 1.29 is 27.6 Å². The van der Waals surface area contributed by atoms with Crippen LogP contribution >= 0.6 is 0 Å². The van der Waals surface area contributed by atoms with E-state index in [0.29, 0.717) is 25.0 Å². The molecule has 2 aromatic carbocycles. The highest BCUT2D eigenvalue weighted by molar-refractivity contribution is 5.95. The third-order valence-corrected chi connectivity index (χ3v) is 8.00. The lowest BCUT2D eigenvalue weighted by atomic mass is 9.94. The number of carbonyl (C=O) groups excluding carboxylic acids is 2. The highest BCUT2D eigenvalue weighted by Gasteiger charge is 2.36. The number of carbonyl (C=O) groups is 2. The quantitative estimate of drug-likeness (QED) is 0.239. The minimum absolute atomic E-state index is 0.0964. The van der Waals surface area contributed by atoms with Crippen LogP contribution in [0.3, 0.4) is 0 Å². The number of imidazole rings is 1. The van der Waals surface area contributed by atoms with Gasteiger partial charge in [0.25, 0.3) is 6.47 Å². The van der Waals surface area contributed by atoms with Gasteiger partial charge in [0.1, 0.15) is 11.6 Å². The van der Waals surface area contributed by atoms with E-state index in [1.165, 1.54) is 19.6 Å². The average molecular weight is 565 g/mol. The van der Waals surface area contributed by atoms with Gasteiger partial charge < -0.3 is 18.7 Å². The molecule has 2 aromatic heterocycles. The van der Waals surface area contributed by atoms with Crippen LogP contribution < -0.4 is 4.90 Å². The van der Waals surface area contributed by atoms with Gasteiger partial charge >= 0.3 is 0 Å². The molecule has 4 aromatic rings. The Morgan fingerprint density at radius 3 is 2.41 bits per heavy atom. The number of fused-ring (bicyclic) bond motifs is 1. The van der Waals surface area contributed by atoms with Crippen molar-refractivity contribution in [2.75, 3.05) is 12.0 Å². The molecule has 0 bridgehead atoms. The molecule has 0 spiro atoms. The summed E-state index contributed by atoms with van der Waals surface area (Å²) in [5, 5.41) is 4.11. The van der Waals surface area contributed by atoms with Crippen LogP contribution in [0.4, 0.5) is 14.5 Å². The molecule has 1 amide bonds. The van der Waals surface area contributed by atoms with Crippen LogP contribution in [0.25, 0.3) is 22.2 Å². The first kappa shape index (κ1) is 28.4. The van der Waals surface area contributed by atoms with Crippen LogP contribution in [0.1, 0.15) is 80.7 Å². The SMILES string of the molecule is COC=O.Cc1noc(C)c1-c1ccc2c(c1)nc([C@@H]1CCCC(=O)N1c1ccc(F)c(F)c1)n2C1CCCCC1. The number of nitrogens with zero attached hydrogens (tertiary/aromatic N) is 4. The molecule has 3 heterocycles. The second-order valence-electron chi connectivity index (χ2n) is 10.6. The Morgan fingerprint density at radius 2 is 1.76 bits per heavy atom. The smallest absolute Gasteiger partial charge is 0.292 e. The average Bonchev–Trinajstić information content (AvgIpc) is 3.53. The molecule has 1 saturated heterocycles. The second kappa shape index (κ2) is 12.2. The molecule has 6 rings (SSSR count). The third-order valence-electron chi connectivity index (χ3n) is 8.00. The van der Waals surface area contributed by atoms with Crippen LogP contribution in [0.5, 0.6) is 0 Å². The zero-order valence-electron chi connectivity index (χ0n) is 23.5. The van der Waals surface area contributed by atoms with Crippen LogP contribution in [-0.2, 0) is 14.3 Å². The summed E-state index contributed by atoms with van der Waals surface area (Å²) in [4.78, 5) is 28.9. The first-order chi connectivity index (χ1) is 19.8. The van der Waals surface area contributed by atoms with Crippen molar-refractivity contribution in [1.82, 2.24) is 14.7 Å². The number of anilines is 1. The summed E-state index contributed by atoms with van der Waals surface area (Å²) in [5.41, 5.74) is 5.02. The molecule has 8 nitrogen and oxygen atoms in total. The summed E-state index contributed by atoms with van der Waals surface area (Å²) in [7, 11) is 1.31. The molecule has 1 aliphatic carbocycles. The van der Waals surface area contributed by atoms with E-state index in [0.717, 1.165) is 83.7 Å². The van der Waals surface area contributed by atoms with E-state index in [9.17, 15) is 13.6 Å². The van der Waals surface area contributed by atoms with E-state index in [2.05, 4.69) is 32.7 Å². The molecular weight excluding hydrogens is 530 g/mol. The summed E-state index contributed by atoms with van der Waals surface area (Å²) in [5.74, 6) is -0.409. The molecule has 41 heavy (non-hydrogen) atoms. The lowest BCUT2D eigenvalue weighted by molar-refractivity contribution is -0.126. The van der Waals surface area contributed by atoms with Crippen molar-refractivity contribution in [2.24, 2.45) is 0 Å². The summed E-state index contributed by atoms with van der Waals surface area (Å²) < 4.78 is 39.5. The molecular formula is C31H34F2N4O4. The number of benzene rings is 2. The van der Waals surface area contributed by atoms with Crippen molar-refractivity contribution in [2.45, 2.75) is 77.3 Å². The molecule has 216 valence electrons. The van der Waals surface area contributed by atoms with Crippen LogP contribution in [0.2, 0.25) is 0 Å². The number of halogens is 2. The van der Waals surface area contributed by atoms with Gasteiger partial charge in [0.05, 0.1) is 29.9 Å². The van der Waals surface area contributed by atoms with Crippen molar-refractivity contribution in [3.05, 3.63) is 65.3 Å². The Balaban J connectivity index is 0.000000794. The highest BCUT2D eigenvalue weighted by atomic mass is 19.2. The maximum atomic E-state index is 14.2. The molecule has 0 radical (unpaired) electrons. The number of piperidine rings is 1. The number of amides is 1. The zero-order valence-corrected chi connectivity index (χ0v) is 23.5. The lowest BCUT2D eigenvalue weighted by Crippen LogP contribution is -2.40. The Kier molecular flexibility index (Phi) is 8.46. The van der Waals surface area contributed by atoms with Gasteiger partial charge in [-0.05, 0) is 69.4 Å². The second-order valence-corrected chi connectivity index (χ2v) is 10.6. The highest BCUT2D eigenvalue weighted by Crippen LogP contribution is 2.41. The van der Waals surface area contributed by atoms with E-state index in [1.807, 2.05) is 13.8 Å². The first-order valence-electron chi connectivity index (χ1n) is 14.0. The predicted octanol–water partition coefficient (Wildman–Crippen LogP) is 7.14. The summed E-state index contributed by atoms with van der Waals surface area (Å²) in [6, 6.07) is 9.87. The maximum absolute atomic E-state index is 14.2. The van der Waals surface area contributed by atoms with Gasteiger partial charge in [-0.15, -0.1) is 0 Å². The van der Waals surface area contributed by atoms with Gasteiger partial charge in [-0.1, -0.05) is 30.5 Å². The van der Waals surface area contributed by atoms with Gasteiger partial charge in [-0.25, -0.2) is 13.8 Å². The Morgan fingerprint density at radius 1 is 1.00 bits per heavy atom. The Hall–Kier alpha value is -4.08. The Labute approximate surface area is 237 Å². The number of hydrogen-bond donors (Lipinski definition) is 0. The normalized spacial score (nSPS) is 17.8. The number of hydrogen-bond acceptors (Lipinski definition) is 6. The molecule has 1 atom stereocenters. The fourth-order valence-corrected chi connectivity index (χ4v) is 6.20. The van der Waals surface area contributed by atoms with E-state index >= 15 is 0 Å². The predicted molar refractivity (Wildman–Crippen MR) is 150 cm³/mol. The lowest BCUT2D eigenvalue weighted by Gasteiger charge is -2.37. The standard InChI is InChI=1S/C29H30F2N4O2.C2H4O2/c1-17-28(18(2)37-33-17)19-11-14-25-24(15-19)32-29(35(25)20-7-4-3-5-8-20)26-9-6-10-27(36)34(26)21-12-13-22(30)23(31)16-21;1-4-2-3/h11-16,20,26H,3-10H2,1-2H3;2H,1H3/t26-;/m0./s1. The molecule has 10 heteroatoms. The van der Waals surface area contributed by atoms with Gasteiger partial charge in [0.15, 0.2) is 11.6 Å². The minimum atomic E-state index is -0.959. The molecule has 0 unspecified atom stereocenters. The number of ether oxygens (including phenoxy) is 1. The molecule has 0 N–H and O–H groups in total. The van der Waals surface area contributed by atoms with Crippen molar-refractivity contribution in [3.8, 4) is 11.1 Å². The summed E-state index contributed by atoms with van der Waals surface area (Å²) in [6.45, 7) is 4.20. The van der Waals surface area contributed by atoms with Crippen molar-refractivity contribution in [3.63, 3.8) is 0 Å². The van der Waals surface area contributed by atoms with E-state index in [4.69, 9.17) is 14.3 Å². The first-order valence-corrected chi connectivity index (χ1v) is 14.0. The van der Waals surface area contributed by atoms with Crippen LogP contribution in [0.15, 0.2) is 40.9 Å². The molecule has 2 aliphatic rings. The molecule has 1 saturated carbocycles. The van der Waals surface area contributed by atoms with E-state index in [-0.39, 0.29) is 18.0 Å². The van der Waals surface area contributed by atoms with Crippen LogP contribution in [-0.4, -0.2) is 34.2 Å². The van der Waals surface area contributed by atoms with E-state index in [1.54, 1.807) is 4.90 Å². The topological polar surface area (TPSA) is 90.5 Å².